The van der Waals surface area contributed by atoms with E-state index in [4.69, 9.17) is 10.2 Å². The van der Waals surface area contributed by atoms with Gasteiger partial charge in [-0.15, -0.1) is 0 Å². The second-order valence-electron chi connectivity index (χ2n) is 4.15. The van der Waals surface area contributed by atoms with E-state index in [1.54, 1.807) is 0 Å². The van der Waals surface area contributed by atoms with Crippen LogP contribution in [0.15, 0.2) is 16.5 Å². The van der Waals surface area contributed by atoms with E-state index in [2.05, 4.69) is 0 Å². The number of fused-ring (bicyclic) bond motifs is 1. The van der Waals surface area contributed by atoms with Crippen LogP contribution in [0.1, 0.15) is 30.1 Å². The number of hydrogen-bond donors (Lipinski definition) is 1. The maximum Gasteiger partial charge on any atom is 0.173 e. The topological polar surface area (TPSA) is 39.2 Å². The normalized spacial score (nSPS) is 15.9. The first kappa shape index (κ1) is 9.78. The van der Waals surface area contributed by atoms with Gasteiger partial charge in [-0.2, -0.15) is 0 Å². The first-order valence-electron chi connectivity index (χ1n) is 5.31. The number of nitrogens with two attached hydrogens (primary N) is 1. The van der Waals surface area contributed by atoms with Crippen LogP contribution in [0.4, 0.5) is 8.78 Å². The molecule has 0 spiro atoms. The molecule has 84 valence electrons. The lowest BCUT2D eigenvalue weighted by Gasteiger charge is -1.98. The van der Waals surface area contributed by atoms with Gasteiger partial charge in [0, 0.05) is 5.56 Å². The van der Waals surface area contributed by atoms with Crippen LogP contribution in [0.2, 0.25) is 0 Å². The molecule has 16 heavy (non-hydrogen) atoms. The lowest BCUT2D eigenvalue weighted by atomic mass is 10.1. The molecule has 1 heterocycles. The summed E-state index contributed by atoms with van der Waals surface area (Å²) in [6, 6.07) is 2.22. The molecule has 1 fully saturated rings. The van der Waals surface area contributed by atoms with Gasteiger partial charge in [0.25, 0.3) is 0 Å². The highest BCUT2D eigenvalue weighted by atomic mass is 19.1. The molecule has 1 aliphatic rings. The molecule has 0 saturated heterocycles. The standard InChI is InChI=1S/C12H11F2NO/c13-7-3-4-8(14)12-11(7)10(6-1-2-6)9(5-15)16-12/h3-4,6H,1-2,5,15H2. The van der Waals surface area contributed by atoms with Gasteiger partial charge in [-0.1, -0.05) is 0 Å². The third-order valence-corrected chi connectivity index (χ3v) is 3.02. The first-order valence-corrected chi connectivity index (χ1v) is 5.31. The monoisotopic (exact) mass is 223 g/mol. The van der Waals surface area contributed by atoms with E-state index in [9.17, 15) is 8.78 Å². The van der Waals surface area contributed by atoms with Gasteiger partial charge >= 0.3 is 0 Å². The molecule has 1 aliphatic carbocycles. The largest absolute Gasteiger partial charge is 0.456 e. The average Bonchev–Trinajstić information content (AvgIpc) is 3.03. The van der Waals surface area contributed by atoms with E-state index in [-0.39, 0.29) is 23.4 Å². The van der Waals surface area contributed by atoms with Gasteiger partial charge in [0.15, 0.2) is 11.4 Å². The molecule has 0 aliphatic heterocycles. The van der Waals surface area contributed by atoms with E-state index < -0.39 is 11.6 Å². The molecule has 0 unspecified atom stereocenters. The van der Waals surface area contributed by atoms with Crippen molar-refractivity contribution in [1.82, 2.24) is 0 Å². The number of benzene rings is 1. The Morgan fingerprint density at radius 3 is 2.56 bits per heavy atom. The number of furan rings is 1. The smallest absolute Gasteiger partial charge is 0.173 e. The van der Waals surface area contributed by atoms with Crippen LogP contribution in [-0.4, -0.2) is 0 Å². The van der Waals surface area contributed by atoms with Crippen LogP contribution < -0.4 is 5.73 Å². The Morgan fingerprint density at radius 1 is 1.25 bits per heavy atom. The molecular formula is C12H11F2NO. The summed E-state index contributed by atoms with van der Waals surface area (Å²) >= 11 is 0. The fraction of sp³-hybridized carbons (Fsp3) is 0.333. The fourth-order valence-corrected chi connectivity index (χ4v) is 2.16. The van der Waals surface area contributed by atoms with Crippen LogP contribution in [0.3, 0.4) is 0 Å². The van der Waals surface area contributed by atoms with Crippen molar-refractivity contribution in [2.75, 3.05) is 0 Å². The highest BCUT2D eigenvalue weighted by molar-refractivity contribution is 5.84. The summed E-state index contributed by atoms with van der Waals surface area (Å²) in [6.07, 6.45) is 2.00. The zero-order valence-electron chi connectivity index (χ0n) is 8.59. The Kier molecular flexibility index (Phi) is 2.01. The minimum Gasteiger partial charge on any atom is -0.456 e. The van der Waals surface area contributed by atoms with Gasteiger partial charge in [-0.3, -0.25) is 0 Å². The Bertz CT molecular complexity index is 558. The molecule has 0 bridgehead atoms. The zero-order chi connectivity index (χ0) is 11.3. The molecule has 2 N–H and O–H groups in total. The molecule has 2 nitrogen and oxygen atoms in total. The SMILES string of the molecule is NCc1oc2c(F)ccc(F)c2c1C1CC1. The maximum atomic E-state index is 13.7. The Labute approximate surface area is 91.0 Å². The summed E-state index contributed by atoms with van der Waals surface area (Å²) in [4.78, 5) is 0. The molecule has 2 aromatic rings. The van der Waals surface area contributed by atoms with Crippen molar-refractivity contribution in [2.45, 2.75) is 25.3 Å². The van der Waals surface area contributed by atoms with Crippen LogP contribution in [0.5, 0.6) is 0 Å². The molecule has 1 aromatic heterocycles. The average molecular weight is 223 g/mol. The zero-order valence-corrected chi connectivity index (χ0v) is 8.59. The molecule has 0 atom stereocenters. The summed E-state index contributed by atoms with van der Waals surface area (Å²) in [5, 5.41) is 0.281. The second-order valence-corrected chi connectivity index (χ2v) is 4.15. The van der Waals surface area contributed by atoms with E-state index in [1.807, 2.05) is 0 Å². The summed E-state index contributed by atoms with van der Waals surface area (Å²) in [7, 11) is 0. The third-order valence-electron chi connectivity index (χ3n) is 3.02. The number of halogens is 2. The van der Waals surface area contributed by atoms with Gasteiger partial charge in [-0.25, -0.2) is 8.78 Å². The lowest BCUT2D eigenvalue weighted by molar-refractivity contribution is 0.516. The Morgan fingerprint density at radius 2 is 1.94 bits per heavy atom. The fourth-order valence-electron chi connectivity index (χ4n) is 2.16. The predicted octanol–water partition coefficient (Wildman–Crippen LogP) is 3.05. The summed E-state index contributed by atoms with van der Waals surface area (Å²) in [6.45, 7) is 0.180. The molecule has 1 saturated carbocycles. The number of rotatable bonds is 2. The molecular weight excluding hydrogens is 212 g/mol. The summed E-state index contributed by atoms with van der Waals surface area (Å²) in [5.74, 6) is -0.155. The van der Waals surface area contributed by atoms with Crippen molar-refractivity contribution >= 4 is 11.0 Å². The van der Waals surface area contributed by atoms with E-state index >= 15 is 0 Å². The second kappa shape index (κ2) is 3.28. The van der Waals surface area contributed by atoms with Gasteiger partial charge in [0.2, 0.25) is 0 Å². The molecule has 1 aromatic carbocycles. The van der Waals surface area contributed by atoms with E-state index in [1.165, 1.54) is 0 Å². The highest BCUT2D eigenvalue weighted by Gasteiger charge is 2.32. The molecule has 4 heteroatoms. The lowest BCUT2D eigenvalue weighted by Crippen LogP contribution is -1.97. The summed E-state index contributed by atoms with van der Waals surface area (Å²) < 4.78 is 32.5. The van der Waals surface area contributed by atoms with E-state index in [0.29, 0.717) is 5.76 Å². The minimum atomic E-state index is -0.530. The van der Waals surface area contributed by atoms with Gasteiger partial charge < -0.3 is 10.2 Å². The van der Waals surface area contributed by atoms with Crippen molar-refractivity contribution in [2.24, 2.45) is 5.73 Å². The molecule has 0 amide bonds. The first-order chi connectivity index (χ1) is 7.72. The third kappa shape index (κ3) is 1.26. The van der Waals surface area contributed by atoms with Crippen molar-refractivity contribution < 1.29 is 13.2 Å². The van der Waals surface area contributed by atoms with Crippen molar-refractivity contribution in [3.8, 4) is 0 Å². The van der Waals surface area contributed by atoms with Crippen LogP contribution in [-0.2, 0) is 6.54 Å². The predicted molar refractivity (Wildman–Crippen MR) is 56.0 cm³/mol. The van der Waals surface area contributed by atoms with Crippen molar-refractivity contribution in [3.63, 3.8) is 0 Å². The Balaban J connectivity index is 2.39. The number of hydrogen-bond acceptors (Lipinski definition) is 2. The van der Waals surface area contributed by atoms with Gasteiger partial charge in [0.05, 0.1) is 11.9 Å². The maximum absolute atomic E-state index is 13.7. The highest BCUT2D eigenvalue weighted by Crippen LogP contribution is 2.47. The van der Waals surface area contributed by atoms with Gasteiger partial charge in [0.1, 0.15) is 11.6 Å². The van der Waals surface area contributed by atoms with Crippen molar-refractivity contribution in [3.05, 3.63) is 35.1 Å². The summed E-state index contributed by atoms with van der Waals surface area (Å²) in [5.41, 5.74) is 6.32. The van der Waals surface area contributed by atoms with Crippen LogP contribution in [0, 0.1) is 11.6 Å². The quantitative estimate of drug-likeness (QED) is 0.849. The van der Waals surface area contributed by atoms with E-state index in [0.717, 1.165) is 30.5 Å². The van der Waals surface area contributed by atoms with Crippen LogP contribution >= 0.6 is 0 Å². The van der Waals surface area contributed by atoms with Gasteiger partial charge in [-0.05, 0) is 30.9 Å². The Hall–Kier alpha value is -1.42. The minimum absolute atomic E-state index is 0.00218. The van der Waals surface area contributed by atoms with Crippen molar-refractivity contribution in [1.29, 1.82) is 0 Å². The molecule has 3 rings (SSSR count). The molecule has 0 radical (unpaired) electrons. The van der Waals surface area contributed by atoms with Crippen LogP contribution in [0.25, 0.3) is 11.0 Å².